The van der Waals surface area contributed by atoms with E-state index in [1.165, 1.54) is 6.42 Å². The second-order valence-corrected chi connectivity index (χ2v) is 6.22. The molecule has 0 radical (unpaired) electrons. The highest BCUT2D eigenvalue weighted by Crippen LogP contribution is 2.28. The van der Waals surface area contributed by atoms with Gasteiger partial charge in [0.2, 0.25) is 5.13 Å². The predicted octanol–water partition coefficient (Wildman–Crippen LogP) is 2.64. The van der Waals surface area contributed by atoms with E-state index in [0.29, 0.717) is 5.13 Å². The second-order valence-electron chi connectivity index (χ2n) is 5.23. The highest BCUT2D eigenvalue weighted by Gasteiger charge is 2.22. The van der Waals surface area contributed by atoms with Gasteiger partial charge in [0.05, 0.1) is 0 Å². The van der Waals surface area contributed by atoms with E-state index in [1.54, 1.807) is 0 Å². The van der Waals surface area contributed by atoms with Crippen LogP contribution >= 0.6 is 11.3 Å². The maximum Gasteiger partial charge on any atom is 0.291 e. The van der Waals surface area contributed by atoms with Gasteiger partial charge in [-0.25, -0.2) is 8.78 Å². The van der Waals surface area contributed by atoms with Crippen molar-refractivity contribution in [3.63, 3.8) is 0 Å². The minimum atomic E-state index is -2.52. The fourth-order valence-corrected chi connectivity index (χ4v) is 2.80. The number of alkyl halides is 2. The fraction of sp³-hybridized carbons (Fsp3) is 0.833. The lowest BCUT2D eigenvalue weighted by molar-refractivity contribution is 0.150. The largest absolute Gasteiger partial charge is 0.344 e. The first-order valence-electron chi connectivity index (χ1n) is 6.65. The van der Waals surface area contributed by atoms with Crippen molar-refractivity contribution in [3.8, 4) is 0 Å². The Kier molecular flexibility index (Phi) is 5.04. The molecule has 0 aromatic carbocycles. The number of halogens is 2. The Hall–Kier alpha value is -0.820. The first-order valence-corrected chi connectivity index (χ1v) is 7.46. The number of hydrogen-bond acceptors (Lipinski definition) is 5. The lowest BCUT2D eigenvalue weighted by Crippen LogP contribution is -2.46. The highest BCUT2D eigenvalue weighted by molar-refractivity contribution is 7.15. The van der Waals surface area contributed by atoms with Crippen molar-refractivity contribution in [1.82, 2.24) is 15.1 Å². The number of hydrogen-bond donors (Lipinski definition) is 0. The molecule has 19 heavy (non-hydrogen) atoms. The van der Waals surface area contributed by atoms with E-state index in [4.69, 9.17) is 0 Å². The van der Waals surface area contributed by atoms with E-state index in [0.717, 1.165) is 50.0 Å². The SMILES string of the molecule is CC(C)CCN1CCN(c2nnc(C(F)F)s2)CC1. The number of anilines is 1. The topological polar surface area (TPSA) is 32.3 Å². The monoisotopic (exact) mass is 290 g/mol. The summed E-state index contributed by atoms with van der Waals surface area (Å²) in [6.07, 6.45) is -1.31. The third-order valence-corrected chi connectivity index (χ3v) is 4.27. The first kappa shape index (κ1) is 14.6. The molecule has 2 rings (SSSR count). The smallest absolute Gasteiger partial charge is 0.291 e. The van der Waals surface area contributed by atoms with E-state index in [1.807, 2.05) is 0 Å². The van der Waals surface area contributed by atoms with Gasteiger partial charge in [-0.1, -0.05) is 25.2 Å². The molecule has 0 unspecified atom stereocenters. The molecule has 108 valence electrons. The van der Waals surface area contributed by atoms with Crippen LogP contribution in [0.15, 0.2) is 0 Å². The Morgan fingerprint density at radius 2 is 1.84 bits per heavy atom. The molecule has 1 aliphatic heterocycles. The summed E-state index contributed by atoms with van der Waals surface area (Å²) in [6, 6.07) is 0. The van der Waals surface area contributed by atoms with Crippen LogP contribution in [0.4, 0.5) is 13.9 Å². The van der Waals surface area contributed by atoms with Gasteiger partial charge >= 0.3 is 0 Å². The molecule has 1 aromatic heterocycles. The third kappa shape index (κ3) is 4.07. The van der Waals surface area contributed by atoms with Crippen molar-refractivity contribution in [3.05, 3.63) is 5.01 Å². The number of aromatic nitrogens is 2. The molecule has 0 saturated carbocycles. The average Bonchev–Trinajstić information content (AvgIpc) is 2.86. The number of nitrogens with zero attached hydrogens (tertiary/aromatic N) is 4. The van der Waals surface area contributed by atoms with Gasteiger partial charge < -0.3 is 4.90 Å². The summed E-state index contributed by atoms with van der Waals surface area (Å²) < 4.78 is 24.9. The van der Waals surface area contributed by atoms with Crippen LogP contribution in [-0.4, -0.2) is 47.8 Å². The molecule has 0 aliphatic carbocycles. The standard InChI is InChI=1S/C12H20F2N4S/c1-9(2)3-4-17-5-7-18(8-6-17)12-16-15-11(19-12)10(13)14/h9-10H,3-8H2,1-2H3. The highest BCUT2D eigenvalue weighted by atomic mass is 32.1. The molecule has 1 aliphatic rings. The van der Waals surface area contributed by atoms with Crippen molar-refractivity contribution < 1.29 is 8.78 Å². The fourth-order valence-electron chi connectivity index (χ4n) is 2.05. The van der Waals surface area contributed by atoms with Gasteiger partial charge in [-0.3, -0.25) is 4.90 Å². The van der Waals surface area contributed by atoms with Crippen LogP contribution in [0.2, 0.25) is 0 Å². The van der Waals surface area contributed by atoms with Gasteiger partial charge in [0.15, 0.2) is 5.01 Å². The molecule has 0 bridgehead atoms. The van der Waals surface area contributed by atoms with Crippen LogP contribution in [-0.2, 0) is 0 Å². The van der Waals surface area contributed by atoms with E-state index in [-0.39, 0.29) is 5.01 Å². The van der Waals surface area contributed by atoms with Gasteiger partial charge in [0.1, 0.15) is 0 Å². The molecule has 1 aromatic rings. The molecule has 0 atom stereocenters. The van der Waals surface area contributed by atoms with Crippen molar-refractivity contribution in [1.29, 1.82) is 0 Å². The minimum absolute atomic E-state index is 0.183. The van der Waals surface area contributed by atoms with Crippen LogP contribution in [0, 0.1) is 5.92 Å². The molecule has 0 amide bonds. The van der Waals surface area contributed by atoms with Crippen LogP contribution in [0.1, 0.15) is 31.7 Å². The Balaban J connectivity index is 1.82. The summed E-state index contributed by atoms with van der Waals surface area (Å²) >= 11 is 1.00. The van der Waals surface area contributed by atoms with Gasteiger partial charge in [-0.2, -0.15) is 0 Å². The summed E-state index contributed by atoms with van der Waals surface area (Å²) in [5, 5.41) is 7.83. The zero-order valence-electron chi connectivity index (χ0n) is 11.4. The molecule has 7 heteroatoms. The Bertz CT molecular complexity index is 389. The van der Waals surface area contributed by atoms with Crippen molar-refractivity contribution >= 4 is 16.5 Å². The van der Waals surface area contributed by atoms with Gasteiger partial charge in [0.25, 0.3) is 6.43 Å². The van der Waals surface area contributed by atoms with E-state index < -0.39 is 6.43 Å². The quantitative estimate of drug-likeness (QED) is 0.834. The van der Waals surface area contributed by atoms with Gasteiger partial charge in [-0.05, 0) is 18.9 Å². The molecular formula is C12H20F2N4S. The summed E-state index contributed by atoms with van der Waals surface area (Å²) in [5.41, 5.74) is 0. The average molecular weight is 290 g/mol. The van der Waals surface area contributed by atoms with Crippen LogP contribution in [0.3, 0.4) is 0 Å². The number of rotatable bonds is 5. The van der Waals surface area contributed by atoms with Crippen molar-refractivity contribution in [2.75, 3.05) is 37.6 Å². The first-order chi connectivity index (χ1) is 9.06. The maximum absolute atomic E-state index is 12.5. The van der Waals surface area contributed by atoms with E-state index in [2.05, 4.69) is 33.8 Å². The van der Waals surface area contributed by atoms with E-state index in [9.17, 15) is 8.78 Å². The second kappa shape index (κ2) is 6.56. The summed E-state index contributed by atoms with van der Waals surface area (Å²) in [4.78, 5) is 4.47. The zero-order valence-corrected chi connectivity index (χ0v) is 12.2. The molecule has 2 heterocycles. The summed E-state index contributed by atoms with van der Waals surface area (Å²) in [7, 11) is 0. The van der Waals surface area contributed by atoms with Crippen LogP contribution < -0.4 is 4.90 Å². The molecular weight excluding hydrogens is 270 g/mol. The molecule has 1 saturated heterocycles. The van der Waals surface area contributed by atoms with Crippen LogP contribution in [0.5, 0.6) is 0 Å². The van der Waals surface area contributed by atoms with Gasteiger partial charge in [-0.15, -0.1) is 10.2 Å². The van der Waals surface area contributed by atoms with Crippen molar-refractivity contribution in [2.45, 2.75) is 26.7 Å². The van der Waals surface area contributed by atoms with Gasteiger partial charge in [0, 0.05) is 26.2 Å². The predicted molar refractivity (Wildman–Crippen MR) is 73.0 cm³/mol. The number of piperazine rings is 1. The van der Waals surface area contributed by atoms with Crippen LogP contribution in [0.25, 0.3) is 0 Å². The zero-order chi connectivity index (χ0) is 13.8. The molecule has 1 fully saturated rings. The third-order valence-electron chi connectivity index (χ3n) is 3.28. The normalized spacial score (nSPS) is 17.7. The maximum atomic E-state index is 12.5. The molecule has 0 N–H and O–H groups in total. The Morgan fingerprint density at radius 3 is 2.37 bits per heavy atom. The lowest BCUT2D eigenvalue weighted by atomic mass is 10.1. The Labute approximate surface area is 116 Å². The molecule has 0 spiro atoms. The Morgan fingerprint density at radius 1 is 1.16 bits per heavy atom. The van der Waals surface area contributed by atoms with E-state index >= 15 is 0 Å². The summed E-state index contributed by atoms with van der Waals surface area (Å²) in [6.45, 7) is 9.19. The summed E-state index contributed by atoms with van der Waals surface area (Å²) in [5.74, 6) is 0.717. The molecule has 4 nitrogen and oxygen atoms in total. The van der Waals surface area contributed by atoms with Crippen molar-refractivity contribution in [2.24, 2.45) is 5.92 Å². The lowest BCUT2D eigenvalue weighted by Gasteiger charge is -2.34. The minimum Gasteiger partial charge on any atom is -0.344 e.